The molecule has 0 bridgehead atoms. The van der Waals surface area contributed by atoms with E-state index in [-0.39, 0.29) is 33.5 Å². The van der Waals surface area contributed by atoms with Crippen LogP contribution in [-0.2, 0) is 4.79 Å². The van der Waals surface area contributed by atoms with Gasteiger partial charge in [0.1, 0.15) is 17.7 Å². The molecular formula is C31H30ClF4N7O3. The maximum Gasteiger partial charge on any atom is 0.429 e. The molecule has 0 aliphatic carbocycles. The number of hydrogen-bond donors (Lipinski definition) is 3. The summed E-state index contributed by atoms with van der Waals surface area (Å²) < 4.78 is 65.5. The first-order chi connectivity index (χ1) is 21.8. The number of aromatic nitrogens is 4. The topological polar surface area (TPSA) is 131 Å². The molecule has 2 atom stereocenters. The molecular weight excluding hydrogens is 630 g/mol. The SMILES string of the molecule is Cc1ccn(-c2cc(-c3ccc(Cl)c(F)c3)ccc2[C@@H](Oc2cc(N3CCC4(CC3)CN[C@H](C(=O)O)C4)nc(N)n2)C(F)(F)F)n1. The molecule has 10 nitrogen and oxygen atoms in total. The van der Waals surface area contributed by atoms with Crippen molar-refractivity contribution < 1.29 is 32.2 Å². The van der Waals surface area contributed by atoms with Crippen LogP contribution in [0.3, 0.4) is 0 Å². The molecule has 6 rings (SSSR count). The van der Waals surface area contributed by atoms with Gasteiger partial charge in [-0.05, 0) is 67.0 Å². The molecule has 0 amide bonds. The number of nitrogens with zero attached hydrogens (tertiary/aromatic N) is 5. The summed E-state index contributed by atoms with van der Waals surface area (Å²) in [4.78, 5) is 21.5. The van der Waals surface area contributed by atoms with Crippen LogP contribution in [0.5, 0.6) is 5.88 Å². The van der Waals surface area contributed by atoms with Gasteiger partial charge in [0.25, 0.3) is 0 Å². The van der Waals surface area contributed by atoms with Crippen LogP contribution in [0, 0.1) is 18.2 Å². The number of hydrogen-bond acceptors (Lipinski definition) is 8. The Balaban J connectivity index is 1.31. The van der Waals surface area contributed by atoms with Crippen molar-refractivity contribution >= 4 is 29.3 Å². The van der Waals surface area contributed by atoms with Gasteiger partial charge in [0.2, 0.25) is 17.9 Å². The number of alkyl halides is 3. The van der Waals surface area contributed by atoms with Crippen molar-refractivity contribution in [3.8, 4) is 22.7 Å². The van der Waals surface area contributed by atoms with Crippen LogP contribution in [0.25, 0.3) is 16.8 Å². The van der Waals surface area contributed by atoms with E-state index in [4.69, 9.17) is 22.1 Å². The number of piperidine rings is 1. The number of anilines is 2. The molecule has 2 fully saturated rings. The molecule has 0 radical (unpaired) electrons. The number of carboxylic acid groups (broad SMARTS) is 1. The summed E-state index contributed by atoms with van der Waals surface area (Å²) in [6.45, 7) is 3.28. The van der Waals surface area contributed by atoms with E-state index < -0.39 is 30.1 Å². The third kappa shape index (κ3) is 6.44. The molecule has 1 spiro atoms. The predicted molar refractivity (Wildman–Crippen MR) is 162 cm³/mol. The Morgan fingerprint density at radius 2 is 1.85 bits per heavy atom. The number of benzene rings is 2. The molecule has 4 heterocycles. The monoisotopic (exact) mass is 659 g/mol. The maximum atomic E-state index is 14.8. The second-order valence-electron chi connectivity index (χ2n) is 11.7. The summed E-state index contributed by atoms with van der Waals surface area (Å²) in [6, 6.07) is 10.7. The molecule has 2 aliphatic heterocycles. The number of carboxylic acids is 1. The van der Waals surface area contributed by atoms with Crippen molar-refractivity contribution in [2.45, 2.75) is 44.5 Å². The molecule has 2 aromatic heterocycles. The first kappa shape index (κ1) is 31.5. The molecule has 242 valence electrons. The highest BCUT2D eigenvalue weighted by molar-refractivity contribution is 6.30. The lowest BCUT2D eigenvalue weighted by Gasteiger charge is -2.39. The number of ether oxygens (including phenoxy) is 1. The maximum absolute atomic E-state index is 14.8. The zero-order valence-corrected chi connectivity index (χ0v) is 25.3. The fourth-order valence-electron chi connectivity index (χ4n) is 6.13. The van der Waals surface area contributed by atoms with Crippen LogP contribution in [0.1, 0.15) is 36.6 Å². The Labute approximate surface area is 266 Å². The smallest absolute Gasteiger partial charge is 0.429 e. The van der Waals surface area contributed by atoms with Crippen molar-refractivity contribution in [3.63, 3.8) is 0 Å². The lowest BCUT2D eigenvalue weighted by molar-refractivity contribution is -0.198. The second-order valence-corrected chi connectivity index (χ2v) is 12.1. The molecule has 2 aliphatic rings. The van der Waals surface area contributed by atoms with E-state index in [1.807, 2.05) is 4.90 Å². The number of rotatable bonds is 7. The van der Waals surface area contributed by atoms with Crippen molar-refractivity contribution in [1.82, 2.24) is 25.1 Å². The Kier molecular flexibility index (Phi) is 8.27. The van der Waals surface area contributed by atoms with Gasteiger partial charge < -0.3 is 25.8 Å². The van der Waals surface area contributed by atoms with Crippen molar-refractivity contribution in [1.29, 1.82) is 0 Å². The summed E-state index contributed by atoms with van der Waals surface area (Å²) >= 11 is 5.83. The van der Waals surface area contributed by atoms with Gasteiger partial charge in [-0.25, -0.2) is 9.07 Å². The first-order valence-corrected chi connectivity index (χ1v) is 14.9. The Hall–Kier alpha value is -4.43. The molecule has 4 aromatic rings. The Bertz CT molecular complexity index is 1780. The van der Waals surface area contributed by atoms with E-state index in [1.165, 1.54) is 47.3 Å². The first-order valence-electron chi connectivity index (χ1n) is 14.5. The van der Waals surface area contributed by atoms with E-state index in [2.05, 4.69) is 20.4 Å². The number of aliphatic carboxylic acids is 1. The van der Waals surface area contributed by atoms with Gasteiger partial charge in [-0.3, -0.25) is 4.79 Å². The minimum absolute atomic E-state index is 0.0664. The summed E-state index contributed by atoms with van der Waals surface area (Å²) in [7, 11) is 0. The summed E-state index contributed by atoms with van der Waals surface area (Å²) in [5, 5.41) is 16.7. The van der Waals surface area contributed by atoms with Crippen molar-refractivity contribution in [2.24, 2.45) is 5.41 Å². The summed E-state index contributed by atoms with van der Waals surface area (Å²) in [5.74, 6) is -1.87. The van der Waals surface area contributed by atoms with Gasteiger partial charge in [0.15, 0.2) is 0 Å². The largest absolute Gasteiger partial charge is 0.480 e. The minimum atomic E-state index is -4.89. The average Bonchev–Trinajstić information content (AvgIpc) is 3.63. The second kappa shape index (κ2) is 12.1. The number of carbonyl (C=O) groups is 1. The number of aryl methyl sites for hydroxylation is 1. The normalized spacial score (nSPS) is 18.6. The van der Waals surface area contributed by atoms with Gasteiger partial charge in [-0.1, -0.05) is 29.8 Å². The molecule has 15 heteroatoms. The van der Waals surface area contributed by atoms with E-state index in [1.54, 1.807) is 19.1 Å². The number of nitrogen functional groups attached to an aromatic ring is 1. The van der Waals surface area contributed by atoms with Crippen molar-refractivity contribution in [3.05, 3.63) is 76.8 Å². The van der Waals surface area contributed by atoms with Crippen LogP contribution in [-0.4, -0.2) is 62.7 Å². The van der Waals surface area contributed by atoms with E-state index >= 15 is 0 Å². The molecule has 2 aromatic carbocycles. The van der Waals surface area contributed by atoms with E-state index in [9.17, 15) is 27.5 Å². The summed E-state index contributed by atoms with van der Waals surface area (Å²) in [6.07, 6.45) is -3.99. The molecule has 0 unspecified atom stereocenters. The number of nitrogens with two attached hydrogens (primary N) is 1. The molecule has 4 N–H and O–H groups in total. The third-order valence-electron chi connectivity index (χ3n) is 8.58. The molecule has 0 saturated carbocycles. The highest BCUT2D eigenvalue weighted by Gasteiger charge is 2.46. The minimum Gasteiger partial charge on any atom is -0.480 e. The van der Waals surface area contributed by atoms with Crippen molar-refractivity contribution in [2.75, 3.05) is 30.3 Å². The number of nitrogens with one attached hydrogen (secondary N) is 1. The van der Waals surface area contributed by atoms with Gasteiger partial charge in [0.05, 0.1) is 16.4 Å². The van der Waals surface area contributed by atoms with Gasteiger partial charge in [0, 0.05) is 37.5 Å². The van der Waals surface area contributed by atoms with Crippen LogP contribution < -0.4 is 20.7 Å². The highest BCUT2D eigenvalue weighted by Crippen LogP contribution is 2.43. The van der Waals surface area contributed by atoms with E-state index in [0.717, 1.165) is 0 Å². The van der Waals surface area contributed by atoms with E-state index in [0.29, 0.717) is 61.5 Å². The van der Waals surface area contributed by atoms with Crippen LogP contribution in [0.4, 0.5) is 29.3 Å². The zero-order valence-electron chi connectivity index (χ0n) is 24.6. The highest BCUT2D eigenvalue weighted by atomic mass is 35.5. The fourth-order valence-corrected chi connectivity index (χ4v) is 6.25. The van der Waals surface area contributed by atoms with Gasteiger partial charge in [-0.15, -0.1) is 0 Å². The average molecular weight is 660 g/mol. The summed E-state index contributed by atoms with van der Waals surface area (Å²) in [5.41, 5.74) is 7.00. The Morgan fingerprint density at radius 3 is 2.48 bits per heavy atom. The van der Waals surface area contributed by atoms with Gasteiger partial charge >= 0.3 is 12.1 Å². The third-order valence-corrected chi connectivity index (χ3v) is 8.89. The van der Waals surface area contributed by atoms with Crippen LogP contribution in [0.2, 0.25) is 5.02 Å². The lowest BCUT2D eigenvalue weighted by Crippen LogP contribution is -2.41. The zero-order chi connectivity index (χ0) is 32.8. The fraction of sp³-hybridized carbons (Fsp3) is 0.355. The standard InChI is InChI=1S/C31H30ClF4N7O3/c1-17-6-9-43(41-17)24-13-19(18-3-5-21(32)22(33)12-18)2-4-20(24)27(31(34,35)36)46-26-14-25(39-29(37)40-26)42-10-7-30(8-11-42)15-23(28(44)45)38-16-30/h2-6,9,12-14,23,27,38H,7-8,10-11,15-16H2,1H3,(H,44,45)(H2,37,39,40)/t23-,27+/m0/s1. The Morgan fingerprint density at radius 1 is 1.13 bits per heavy atom. The van der Waals surface area contributed by atoms with Crippen LogP contribution in [0.15, 0.2) is 54.7 Å². The lowest BCUT2D eigenvalue weighted by atomic mass is 9.76. The molecule has 2 saturated heterocycles. The quantitative estimate of drug-likeness (QED) is 0.213. The predicted octanol–water partition coefficient (Wildman–Crippen LogP) is 5.73. The molecule has 46 heavy (non-hydrogen) atoms. The number of halogens is 5. The van der Waals surface area contributed by atoms with Crippen LogP contribution >= 0.6 is 11.6 Å². The van der Waals surface area contributed by atoms with Gasteiger partial charge in [-0.2, -0.15) is 28.2 Å².